The standard InChI is InChI=1S/C13H12ClN3O3S/c14-11-7-9(15)4-5-12(11)21(19,20)17-10-3-1-2-8(6-10)13(16)18/h1-7,17H,15H2,(H2,16,18). The molecule has 5 N–H and O–H groups in total. The van der Waals surface area contributed by atoms with Gasteiger partial charge in [0.15, 0.2) is 0 Å². The predicted octanol–water partition coefficient (Wildman–Crippen LogP) is 1.82. The molecular weight excluding hydrogens is 314 g/mol. The van der Waals surface area contributed by atoms with E-state index < -0.39 is 15.9 Å². The third kappa shape index (κ3) is 3.45. The van der Waals surface area contributed by atoms with E-state index in [0.29, 0.717) is 5.69 Å². The summed E-state index contributed by atoms with van der Waals surface area (Å²) >= 11 is 5.89. The third-order valence-electron chi connectivity index (χ3n) is 2.64. The first-order valence-electron chi connectivity index (χ1n) is 5.77. The molecule has 2 aromatic rings. The maximum atomic E-state index is 12.3. The number of nitrogens with one attached hydrogen (secondary N) is 1. The molecule has 0 atom stereocenters. The molecule has 0 fully saturated rings. The van der Waals surface area contributed by atoms with Gasteiger partial charge in [-0.15, -0.1) is 0 Å². The van der Waals surface area contributed by atoms with Crippen LogP contribution < -0.4 is 16.2 Å². The van der Waals surface area contributed by atoms with Gasteiger partial charge < -0.3 is 11.5 Å². The van der Waals surface area contributed by atoms with E-state index in [1.807, 2.05) is 0 Å². The molecule has 21 heavy (non-hydrogen) atoms. The monoisotopic (exact) mass is 325 g/mol. The Balaban J connectivity index is 2.37. The van der Waals surface area contributed by atoms with Crippen LogP contribution in [-0.2, 0) is 10.0 Å². The Labute approximate surface area is 126 Å². The molecule has 0 aliphatic heterocycles. The molecule has 2 aromatic carbocycles. The average molecular weight is 326 g/mol. The molecule has 0 saturated carbocycles. The number of hydrogen-bond acceptors (Lipinski definition) is 4. The van der Waals surface area contributed by atoms with E-state index >= 15 is 0 Å². The van der Waals surface area contributed by atoms with Crippen molar-refractivity contribution in [2.24, 2.45) is 5.73 Å². The van der Waals surface area contributed by atoms with Crippen LogP contribution >= 0.6 is 11.6 Å². The number of hydrogen-bond donors (Lipinski definition) is 3. The lowest BCUT2D eigenvalue weighted by molar-refractivity contribution is 0.100. The highest BCUT2D eigenvalue weighted by Crippen LogP contribution is 2.25. The van der Waals surface area contributed by atoms with Crippen molar-refractivity contribution < 1.29 is 13.2 Å². The summed E-state index contributed by atoms with van der Waals surface area (Å²) < 4.78 is 26.9. The zero-order valence-corrected chi connectivity index (χ0v) is 12.3. The molecular formula is C13H12ClN3O3S. The minimum absolute atomic E-state index is 0.00792. The van der Waals surface area contributed by atoms with Gasteiger partial charge in [-0.3, -0.25) is 9.52 Å². The highest BCUT2D eigenvalue weighted by molar-refractivity contribution is 7.92. The highest BCUT2D eigenvalue weighted by atomic mass is 35.5. The number of sulfonamides is 1. The SMILES string of the molecule is NC(=O)c1cccc(NS(=O)(=O)c2ccc(N)cc2Cl)c1. The van der Waals surface area contributed by atoms with Crippen molar-refractivity contribution in [2.75, 3.05) is 10.5 Å². The molecule has 0 aromatic heterocycles. The van der Waals surface area contributed by atoms with Gasteiger partial charge in [0, 0.05) is 16.9 Å². The second-order valence-corrected chi connectivity index (χ2v) is 6.30. The summed E-state index contributed by atoms with van der Waals surface area (Å²) in [5, 5.41) is 0.00792. The summed E-state index contributed by atoms with van der Waals surface area (Å²) in [6, 6.07) is 9.91. The van der Waals surface area contributed by atoms with Crippen LogP contribution in [0.2, 0.25) is 5.02 Å². The molecule has 0 radical (unpaired) electrons. The van der Waals surface area contributed by atoms with Crippen molar-refractivity contribution in [1.82, 2.24) is 0 Å². The second kappa shape index (κ2) is 5.63. The summed E-state index contributed by atoms with van der Waals surface area (Å²) in [5.41, 5.74) is 11.4. The number of nitrogens with two attached hydrogens (primary N) is 2. The molecule has 0 aliphatic rings. The number of rotatable bonds is 4. The van der Waals surface area contributed by atoms with E-state index in [2.05, 4.69) is 4.72 Å². The molecule has 1 amide bonds. The second-order valence-electron chi connectivity index (χ2n) is 4.24. The average Bonchev–Trinajstić information content (AvgIpc) is 2.37. The first kappa shape index (κ1) is 15.1. The van der Waals surface area contributed by atoms with E-state index in [-0.39, 0.29) is 21.2 Å². The molecule has 0 unspecified atom stereocenters. The van der Waals surface area contributed by atoms with Crippen LogP contribution in [0.15, 0.2) is 47.4 Å². The van der Waals surface area contributed by atoms with Gasteiger partial charge in [0.2, 0.25) is 5.91 Å². The largest absolute Gasteiger partial charge is 0.399 e. The maximum absolute atomic E-state index is 12.3. The Morgan fingerprint density at radius 1 is 1.14 bits per heavy atom. The highest BCUT2D eigenvalue weighted by Gasteiger charge is 2.18. The molecule has 110 valence electrons. The normalized spacial score (nSPS) is 11.1. The molecule has 0 aliphatic carbocycles. The minimum atomic E-state index is -3.89. The lowest BCUT2D eigenvalue weighted by Gasteiger charge is -2.10. The van der Waals surface area contributed by atoms with E-state index in [0.717, 1.165) is 0 Å². The Bertz CT molecular complexity index is 806. The third-order valence-corrected chi connectivity index (χ3v) is 4.51. The summed E-state index contributed by atoms with van der Waals surface area (Å²) in [5.74, 6) is -0.651. The van der Waals surface area contributed by atoms with Crippen LogP contribution in [0.1, 0.15) is 10.4 Å². The molecule has 0 bridgehead atoms. The summed E-state index contributed by atoms with van der Waals surface area (Å²) in [6.45, 7) is 0. The summed E-state index contributed by atoms with van der Waals surface area (Å²) in [6.07, 6.45) is 0. The molecule has 2 rings (SSSR count). The lowest BCUT2D eigenvalue weighted by atomic mass is 10.2. The van der Waals surface area contributed by atoms with E-state index in [9.17, 15) is 13.2 Å². The van der Waals surface area contributed by atoms with Gasteiger partial charge in [-0.05, 0) is 36.4 Å². The van der Waals surface area contributed by atoms with Crippen LogP contribution in [0.4, 0.5) is 11.4 Å². The summed E-state index contributed by atoms with van der Waals surface area (Å²) in [7, 11) is -3.89. The van der Waals surface area contributed by atoms with Crippen molar-refractivity contribution in [2.45, 2.75) is 4.90 Å². The number of anilines is 2. The van der Waals surface area contributed by atoms with Crippen LogP contribution in [0.25, 0.3) is 0 Å². The van der Waals surface area contributed by atoms with Crippen LogP contribution in [0, 0.1) is 0 Å². The zero-order valence-electron chi connectivity index (χ0n) is 10.7. The van der Waals surface area contributed by atoms with Crippen molar-refractivity contribution in [3.8, 4) is 0 Å². The first-order chi connectivity index (χ1) is 9.79. The van der Waals surface area contributed by atoms with E-state index in [1.54, 1.807) is 0 Å². The van der Waals surface area contributed by atoms with Crippen LogP contribution in [0.3, 0.4) is 0 Å². The molecule has 0 spiro atoms. The number of nitrogen functional groups attached to an aromatic ring is 1. The Morgan fingerprint density at radius 2 is 1.86 bits per heavy atom. The number of primary amides is 1. The maximum Gasteiger partial charge on any atom is 0.263 e. The number of halogens is 1. The zero-order chi connectivity index (χ0) is 15.6. The fourth-order valence-corrected chi connectivity index (χ4v) is 3.28. The number of amides is 1. The molecule has 0 heterocycles. The Kier molecular flexibility index (Phi) is 4.06. The van der Waals surface area contributed by atoms with Crippen molar-refractivity contribution >= 4 is 38.9 Å². The fourth-order valence-electron chi connectivity index (χ4n) is 1.68. The smallest absolute Gasteiger partial charge is 0.263 e. The quantitative estimate of drug-likeness (QED) is 0.743. The number of carbonyl (C=O) groups is 1. The van der Waals surface area contributed by atoms with Gasteiger partial charge in [-0.25, -0.2) is 8.42 Å². The van der Waals surface area contributed by atoms with E-state index in [1.165, 1.54) is 42.5 Å². The predicted molar refractivity (Wildman–Crippen MR) is 81.6 cm³/mol. The van der Waals surface area contributed by atoms with Gasteiger partial charge in [0.05, 0.1) is 5.02 Å². The topological polar surface area (TPSA) is 115 Å². The van der Waals surface area contributed by atoms with E-state index in [4.69, 9.17) is 23.1 Å². The lowest BCUT2D eigenvalue weighted by Crippen LogP contribution is -2.15. The fraction of sp³-hybridized carbons (Fsp3) is 0. The van der Waals surface area contributed by atoms with Gasteiger partial charge >= 0.3 is 0 Å². The van der Waals surface area contributed by atoms with Crippen molar-refractivity contribution in [3.05, 3.63) is 53.1 Å². The van der Waals surface area contributed by atoms with Crippen LogP contribution in [-0.4, -0.2) is 14.3 Å². The molecule has 8 heteroatoms. The Hall–Kier alpha value is -2.25. The summed E-state index contributed by atoms with van der Waals surface area (Å²) in [4.78, 5) is 11.0. The van der Waals surface area contributed by atoms with Crippen molar-refractivity contribution in [1.29, 1.82) is 0 Å². The van der Waals surface area contributed by atoms with Gasteiger partial charge in [-0.2, -0.15) is 0 Å². The van der Waals surface area contributed by atoms with Gasteiger partial charge in [0.1, 0.15) is 4.90 Å². The minimum Gasteiger partial charge on any atom is -0.399 e. The molecule has 0 saturated heterocycles. The first-order valence-corrected chi connectivity index (χ1v) is 7.63. The molecule has 6 nitrogen and oxygen atoms in total. The number of benzene rings is 2. The van der Waals surface area contributed by atoms with Gasteiger partial charge in [-0.1, -0.05) is 17.7 Å². The van der Waals surface area contributed by atoms with Crippen molar-refractivity contribution in [3.63, 3.8) is 0 Å². The Morgan fingerprint density at radius 3 is 2.48 bits per heavy atom. The van der Waals surface area contributed by atoms with Crippen LogP contribution in [0.5, 0.6) is 0 Å². The van der Waals surface area contributed by atoms with Gasteiger partial charge in [0.25, 0.3) is 10.0 Å². The number of carbonyl (C=O) groups excluding carboxylic acids is 1.